The molecule has 0 aliphatic carbocycles. The number of Topliss-reactive ketones (excluding diaryl/α,β-unsaturated/α-hetero) is 1. The van der Waals surface area contributed by atoms with E-state index in [9.17, 15) is 9.90 Å². The van der Waals surface area contributed by atoms with Gasteiger partial charge in [0.25, 0.3) is 0 Å². The van der Waals surface area contributed by atoms with Crippen molar-refractivity contribution in [3.63, 3.8) is 0 Å². The molecule has 2 heteroatoms. The average molecular weight is 198 g/mol. The Hall–Kier alpha value is -0.630. The zero-order valence-electron chi connectivity index (χ0n) is 9.55. The summed E-state index contributed by atoms with van der Waals surface area (Å²) in [4.78, 5) is 11.7. The molecule has 1 N–H and O–H groups in total. The van der Waals surface area contributed by atoms with Gasteiger partial charge in [-0.05, 0) is 19.3 Å². The van der Waals surface area contributed by atoms with Crippen LogP contribution in [0.15, 0.2) is 12.7 Å². The van der Waals surface area contributed by atoms with E-state index in [0.29, 0.717) is 25.7 Å². The van der Waals surface area contributed by atoms with Crippen molar-refractivity contribution in [2.45, 2.75) is 52.1 Å². The quantitative estimate of drug-likeness (QED) is 0.639. The Bertz CT molecular complexity index is 192. The van der Waals surface area contributed by atoms with Gasteiger partial charge in [0.05, 0.1) is 5.60 Å². The second kappa shape index (κ2) is 5.97. The number of hydrogen-bond acceptors (Lipinski definition) is 2. The predicted molar refractivity (Wildman–Crippen MR) is 59.1 cm³/mol. The minimum atomic E-state index is -0.821. The number of hydrogen-bond donors (Lipinski definition) is 1. The summed E-state index contributed by atoms with van der Waals surface area (Å²) in [6, 6.07) is 0. The van der Waals surface area contributed by atoms with Crippen molar-refractivity contribution in [3.8, 4) is 0 Å². The molecule has 0 aliphatic heterocycles. The van der Waals surface area contributed by atoms with Gasteiger partial charge in [-0.1, -0.05) is 26.8 Å². The zero-order valence-corrected chi connectivity index (χ0v) is 9.55. The molecule has 0 aromatic carbocycles. The first-order valence-corrected chi connectivity index (χ1v) is 5.37. The third-order valence-corrected chi connectivity index (χ3v) is 3.11. The van der Waals surface area contributed by atoms with Gasteiger partial charge in [-0.25, -0.2) is 0 Å². The molecule has 0 radical (unpaired) electrons. The number of aliphatic hydroxyl groups is 1. The van der Waals surface area contributed by atoms with Crippen LogP contribution in [-0.4, -0.2) is 16.5 Å². The maximum Gasteiger partial charge on any atom is 0.138 e. The van der Waals surface area contributed by atoms with Crippen LogP contribution < -0.4 is 0 Å². The Labute approximate surface area is 87.0 Å². The fourth-order valence-corrected chi connectivity index (χ4v) is 1.62. The van der Waals surface area contributed by atoms with E-state index in [0.717, 1.165) is 0 Å². The number of carbonyl (C=O) groups is 1. The van der Waals surface area contributed by atoms with Gasteiger partial charge in [0.1, 0.15) is 5.78 Å². The second-order valence-electron chi connectivity index (χ2n) is 3.83. The van der Waals surface area contributed by atoms with Crippen molar-refractivity contribution in [1.82, 2.24) is 0 Å². The summed E-state index contributed by atoms with van der Waals surface area (Å²) in [5.41, 5.74) is -0.821. The smallest absolute Gasteiger partial charge is 0.138 e. The first kappa shape index (κ1) is 13.4. The molecule has 0 rings (SSSR count). The van der Waals surface area contributed by atoms with E-state index >= 15 is 0 Å². The van der Waals surface area contributed by atoms with Gasteiger partial charge >= 0.3 is 0 Å². The third-order valence-electron chi connectivity index (χ3n) is 3.11. The summed E-state index contributed by atoms with van der Waals surface area (Å²) in [5.74, 6) is -0.131. The molecule has 0 aromatic heterocycles. The second-order valence-corrected chi connectivity index (χ2v) is 3.83. The maximum absolute atomic E-state index is 11.7. The minimum absolute atomic E-state index is 0.135. The summed E-state index contributed by atoms with van der Waals surface area (Å²) in [5, 5.41) is 10.1. The van der Waals surface area contributed by atoms with Gasteiger partial charge in [0, 0.05) is 12.3 Å². The summed E-state index contributed by atoms with van der Waals surface area (Å²) in [7, 11) is 0. The summed E-state index contributed by atoms with van der Waals surface area (Å²) in [6.07, 6.45) is 4.19. The monoisotopic (exact) mass is 198 g/mol. The van der Waals surface area contributed by atoms with Crippen molar-refractivity contribution in [1.29, 1.82) is 0 Å². The van der Waals surface area contributed by atoms with Crippen LogP contribution in [0.4, 0.5) is 0 Å². The molecule has 0 heterocycles. The van der Waals surface area contributed by atoms with Crippen LogP contribution in [0.25, 0.3) is 0 Å². The molecule has 0 aliphatic rings. The SMILES string of the molecule is C=CCCC(=O)C(C)C(O)(CC)CC. The maximum atomic E-state index is 11.7. The van der Waals surface area contributed by atoms with E-state index in [1.807, 2.05) is 20.8 Å². The molecule has 82 valence electrons. The lowest BCUT2D eigenvalue weighted by Crippen LogP contribution is -2.39. The van der Waals surface area contributed by atoms with Gasteiger partial charge in [0.15, 0.2) is 0 Å². The number of carbonyl (C=O) groups excluding carboxylic acids is 1. The fraction of sp³-hybridized carbons (Fsp3) is 0.750. The van der Waals surface area contributed by atoms with Crippen molar-refractivity contribution >= 4 is 5.78 Å². The lowest BCUT2D eigenvalue weighted by atomic mass is 9.80. The predicted octanol–water partition coefficient (Wildman–Crippen LogP) is 2.71. The molecule has 0 saturated heterocycles. The molecule has 0 bridgehead atoms. The van der Waals surface area contributed by atoms with E-state index in [1.54, 1.807) is 6.08 Å². The molecule has 0 saturated carbocycles. The fourth-order valence-electron chi connectivity index (χ4n) is 1.62. The number of rotatable bonds is 7. The van der Waals surface area contributed by atoms with E-state index < -0.39 is 5.60 Å². The lowest BCUT2D eigenvalue weighted by Gasteiger charge is -2.31. The Morgan fingerprint density at radius 2 is 2.00 bits per heavy atom. The topological polar surface area (TPSA) is 37.3 Å². The Kier molecular flexibility index (Phi) is 5.70. The van der Waals surface area contributed by atoms with Crippen LogP contribution in [-0.2, 0) is 4.79 Å². The molecular weight excluding hydrogens is 176 g/mol. The van der Waals surface area contributed by atoms with Crippen molar-refractivity contribution in [2.24, 2.45) is 5.92 Å². The minimum Gasteiger partial charge on any atom is -0.389 e. The van der Waals surface area contributed by atoms with Crippen molar-refractivity contribution < 1.29 is 9.90 Å². The van der Waals surface area contributed by atoms with E-state index in [4.69, 9.17) is 0 Å². The van der Waals surface area contributed by atoms with Gasteiger partial charge in [-0.15, -0.1) is 6.58 Å². The highest BCUT2D eigenvalue weighted by molar-refractivity contribution is 5.81. The van der Waals surface area contributed by atoms with Gasteiger partial charge < -0.3 is 5.11 Å². The van der Waals surface area contributed by atoms with E-state index in [2.05, 4.69) is 6.58 Å². The molecule has 0 spiro atoms. The highest BCUT2D eigenvalue weighted by Crippen LogP contribution is 2.26. The zero-order chi connectivity index (χ0) is 11.2. The van der Waals surface area contributed by atoms with Crippen LogP contribution in [0.1, 0.15) is 46.5 Å². The van der Waals surface area contributed by atoms with Crippen LogP contribution in [0.3, 0.4) is 0 Å². The molecular formula is C12H22O2. The molecule has 2 nitrogen and oxygen atoms in total. The van der Waals surface area contributed by atoms with Crippen LogP contribution in [0, 0.1) is 5.92 Å². The largest absolute Gasteiger partial charge is 0.389 e. The Morgan fingerprint density at radius 3 is 2.36 bits per heavy atom. The third kappa shape index (κ3) is 3.26. The first-order chi connectivity index (χ1) is 6.51. The van der Waals surface area contributed by atoms with Crippen LogP contribution >= 0.6 is 0 Å². The van der Waals surface area contributed by atoms with Crippen LogP contribution in [0.2, 0.25) is 0 Å². The Balaban J connectivity index is 4.34. The molecule has 0 aromatic rings. The van der Waals surface area contributed by atoms with E-state index in [-0.39, 0.29) is 11.7 Å². The molecule has 0 fully saturated rings. The van der Waals surface area contributed by atoms with Gasteiger partial charge in [0.2, 0.25) is 0 Å². The summed E-state index contributed by atoms with van der Waals surface area (Å²) < 4.78 is 0. The van der Waals surface area contributed by atoms with Crippen LogP contribution in [0.5, 0.6) is 0 Å². The Morgan fingerprint density at radius 1 is 1.50 bits per heavy atom. The van der Waals surface area contributed by atoms with Gasteiger partial charge in [-0.2, -0.15) is 0 Å². The summed E-state index contributed by atoms with van der Waals surface area (Å²) in [6.45, 7) is 9.23. The standard InChI is InChI=1S/C12H22O2/c1-5-8-9-11(13)10(4)12(14,6-2)7-3/h5,10,14H,1,6-9H2,2-4H3. The van der Waals surface area contributed by atoms with Gasteiger partial charge in [-0.3, -0.25) is 4.79 Å². The van der Waals surface area contributed by atoms with Crippen molar-refractivity contribution in [2.75, 3.05) is 0 Å². The summed E-state index contributed by atoms with van der Waals surface area (Å²) >= 11 is 0. The molecule has 1 atom stereocenters. The highest BCUT2D eigenvalue weighted by atomic mass is 16.3. The lowest BCUT2D eigenvalue weighted by molar-refractivity contribution is -0.131. The van der Waals surface area contributed by atoms with E-state index in [1.165, 1.54) is 0 Å². The van der Waals surface area contributed by atoms with Crippen molar-refractivity contribution in [3.05, 3.63) is 12.7 Å². The highest BCUT2D eigenvalue weighted by Gasteiger charge is 2.33. The normalized spacial score (nSPS) is 13.7. The number of ketones is 1. The molecule has 14 heavy (non-hydrogen) atoms. The number of allylic oxidation sites excluding steroid dienone is 1. The average Bonchev–Trinajstić information content (AvgIpc) is 2.23. The molecule has 1 unspecified atom stereocenters. The first-order valence-electron chi connectivity index (χ1n) is 5.37. The molecule has 0 amide bonds.